The lowest BCUT2D eigenvalue weighted by Gasteiger charge is -2.70. The highest BCUT2D eigenvalue weighted by Gasteiger charge is 2.69. The first-order chi connectivity index (χ1) is 17.5. The molecule has 12 heteroatoms. The molecule has 0 aliphatic carbocycles. The lowest BCUT2D eigenvalue weighted by atomic mass is 9.65. The molecule has 3 unspecified atom stereocenters. The van der Waals surface area contributed by atoms with Crippen molar-refractivity contribution in [1.29, 1.82) is 0 Å². The molecular weight excluding hydrogens is 510 g/mol. The lowest BCUT2D eigenvalue weighted by Crippen LogP contribution is -2.81. The van der Waals surface area contributed by atoms with Crippen LogP contribution >= 0.6 is 11.6 Å². The van der Waals surface area contributed by atoms with Gasteiger partial charge in [-0.25, -0.2) is 0 Å². The van der Waals surface area contributed by atoms with Crippen molar-refractivity contribution in [3.05, 3.63) is 0 Å². The van der Waals surface area contributed by atoms with Crippen molar-refractivity contribution in [2.75, 3.05) is 13.2 Å². The molecule has 0 spiro atoms. The highest BCUT2D eigenvalue weighted by Crippen LogP contribution is 2.61. The van der Waals surface area contributed by atoms with E-state index in [1.807, 2.05) is 11.8 Å². The number of hydrogen-bond donors (Lipinski definition) is 8. The number of piperidine rings is 1. The Balaban J connectivity index is 1.47. The van der Waals surface area contributed by atoms with E-state index in [1.165, 1.54) is 0 Å². The molecule has 0 saturated carbocycles. The van der Waals surface area contributed by atoms with E-state index in [9.17, 15) is 40.9 Å². The van der Waals surface area contributed by atoms with Crippen LogP contribution in [0.25, 0.3) is 0 Å². The van der Waals surface area contributed by atoms with Crippen LogP contribution in [0, 0.1) is 23.7 Å². The summed E-state index contributed by atoms with van der Waals surface area (Å²) in [6.07, 6.45) is -9.95. The first-order valence-corrected chi connectivity index (χ1v) is 13.0. The van der Waals surface area contributed by atoms with Crippen LogP contribution in [0.2, 0.25) is 0 Å². The smallest absolute Gasteiger partial charge is 0.147 e. The second-order valence-electron chi connectivity index (χ2n) is 10.4. The van der Waals surface area contributed by atoms with Crippen LogP contribution in [0.4, 0.5) is 0 Å². The minimum atomic E-state index is -1.50. The Morgan fingerprint density at radius 1 is 0.838 bits per heavy atom. The molecule has 8 N–H and O–H groups in total. The van der Waals surface area contributed by atoms with Gasteiger partial charge in [0.1, 0.15) is 59.9 Å². The molecule has 4 aliphatic heterocycles. The van der Waals surface area contributed by atoms with E-state index >= 15 is 0 Å². The van der Waals surface area contributed by atoms with Gasteiger partial charge in [0.25, 0.3) is 0 Å². The van der Waals surface area contributed by atoms with Crippen LogP contribution in [0.3, 0.4) is 0 Å². The van der Waals surface area contributed by atoms with Crippen molar-refractivity contribution in [3.63, 3.8) is 0 Å². The van der Waals surface area contributed by atoms with Gasteiger partial charge >= 0.3 is 0 Å². The first-order valence-electron chi connectivity index (χ1n) is 12.6. The Labute approximate surface area is 220 Å². The van der Waals surface area contributed by atoms with E-state index in [4.69, 9.17) is 21.1 Å². The normalized spacial score (nSPS) is 49.4. The summed E-state index contributed by atoms with van der Waals surface area (Å²) < 4.78 is 11.0. The van der Waals surface area contributed by atoms with Gasteiger partial charge in [0.15, 0.2) is 0 Å². The number of ether oxygens (including phenoxy) is 2. The molecule has 0 aromatic heterocycles. The number of aliphatic hydroxyl groups excluding tert-OH is 8. The summed E-state index contributed by atoms with van der Waals surface area (Å²) in [5.74, 6) is 12.2. The Morgan fingerprint density at radius 3 is 2.03 bits per heavy atom. The summed E-state index contributed by atoms with van der Waals surface area (Å²) in [5.41, 5.74) is -0.586. The summed E-state index contributed by atoms with van der Waals surface area (Å²) in [6, 6.07) is -0.299. The third-order valence-electron chi connectivity index (χ3n) is 7.84. The van der Waals surface area contributed by atoms with Crippen LogP contribution in [-0.2, 0) is 9.47 Å². The topological polar surface area (TPSA) is 184 Å². The standard InChI is InChI=1S/C25H36ClNO10/c1-2-7-24(8-3-4-14-18(30)22(34)20(32)16(10-28)36-14)12-25(26)9-13(27(24)25)5-6-15-19(31)23(35)21(33)17(11-29)37-15/h13-23,28-35H,2,4,7,9-12H2,1H3/t13?,14-,15-,16-,17-,18-,19-,20-,21-,22-,23-,24?,25?/m1/s1. The molecule has 0 bridgehead atoms. The summed E-state index contributed by atoms with van der Waals surface area (Å²) in [7, 11) is 0. The van der Waals surface area contributed by atoms with Crippen molar-refractivity contribution in [2.24, 2.45) is 0 Å². The average Bonchev–Trinajstić information content (AvgIpc) is 2.86. The van der Waals surface area contributed by atoms with Gasteiger partial charge in [-0.15, -0.1) is 11.6 Å². The third-order valence-corrected chi connectivity index (χ3v) is 8.31. The van der Waals surface area contributed by atoms with Gasteiger partial charge in [-0.3, -0.25) is 4.90 Å². The Bertz CT molecular complexity index is 945. The molecular formula is C25H36ClNO10. The zero-order valence-electron chi connectivity index (χ0n) is 20.5. The number of fused-ring (bicyclic) bond motifs is 1. The number of halogens is 1. The van der Waals surface area contributed by atoms with E-state index in [-0.39, 0.29) is 12.5 Å². The molecule has 4 rings (SSSR count). The molecule has 0 radical (unpaired) electrons. The molecule has 4 fully saturated rings. The van der Waals surface area contributed by atoms with E-state index in [0.29, 0.717) is 19.3 Å². The molecule has 4 aliphatic rings. The summed E-state index contributed by atoms with van der Waals surface area (Å²) in [6.45, 7) is 0.975. The van der Waals surface area contributed by atoms with Gasteiger partial charge in [-0.05, 0) is 6.42 Å². The summed E-state index contributed by atoms with van der Waals surface area (Å²) in [5, 5.41) is 79.3. The van der Waals surface area contributed by atoms with Crippen molar-refractivity contribution in [2.45, 2.75) is 117 Å². The molecule has 208 valence electrons. The lowest BCUT2D eigenvalue weighted by molar-refractivity contribution is -0.227. The Morgan fingerprint density at radius 2 is 1.43 bits per heavy atom. The summed E-state index contributed by atoms with van der Waals surface area (Å²) in [4.78, 5) is 1.39. The van der Waals surface area contributed by atoms with Crippen molar-refractivity contribution >= 4 is 11.6 Å². The second kappa shape index (κ2) is 11.2. The number of hydrogen-bond acceptors (Lipinski definition) is 11. The maximum absolute atomic E-state index is 10.3. The van der Waals surface area contributed by atoms with Crippen molar-refractivity contribution in [1.82, 2.24) is 4.90 Å². The minimum Gasteiger partial charge on any atom is -0.394 e. The highest BCUT2D eigenvalue weighted by molar-refractivity contribution is 6.25. The minimum absolute atomic E-state index is 0.0667. The van der Waals surface area contributed by atoms with Gasteiger partial charge in [0.05, 0.1) is 30.9 Å². The predicted molar refractivity (Wildman–Crippen MR) is 129 cm³/mol. The number of rotatable bonds is 5. The Hall–Kier alpha value is -1.03. The zero-order chi connectivity index (χ0) is 27.1. The van der Waals surface area contributed by atoms with Crippen LogP contribution in [-0.4, -0.2) is 137 Å². The van der Waals surface area contributed by atoms with Crippen LogP contribution < -0.4 is 0 Å². The van der Waals surface area contributed by atoms with Crippen molar-refractivity contribution in [3.8, 4) is 23.7 Å². The second-order valence-corrected chi connectivity index (χ2v) is 11.1. The molecule has 0 aromatic rings. The fraction of sp³-hybridized carbons (Fsp3) is 0.840. The highest BCUT2D eigenvalue weighted by atomic mass is 35.5. The molecule has 13 atom stereocenters. The van der Waals surface area contributed by atoms with Gasteiger partial charge in [-0.1, -0.05) is 37.0 Å². The fourth-order valence-corrected chi connectivity index (χ4v) is 6.55. The van der Waals surface area contributed by atoms with Crippen LogP contribution in [0.15, 0.2) is 0 Å². The van der Waals surface area contributed by atoms with Crippen LogP contribution in [0.1, 0.15) is 39.0 Å². The van der Waals surface area contributed by atoms with Crippen molar-refractivity contribution < 1.29 is 50.3 Å². The molecule has 4 heterocycles. The summed E-state index contributed by atoms with van der Waals surface area (Å²) >= 11 is 6.77. The van der Waals surface area contributed by atoms with Gasteiger partial charge < -0.3 is 50.3 Å². The van der Waals surface area contributed by atoms with E-state index in [1.54, 1.807) is 0 Å². The SMILES string of the molecule is CCCC1(C#CC[C@H]2O[C@H](CO)[C@@H](O)[C@H](O)[C@@H]2O)CC2(Cl)CC(C#C[C@H]3O[C@H](CO)[C@@H](O)[C@H](O)[C@@H]3O)N21. The third kappa shape index (κ3) is 5.14. The zero-order valence-corrected chi connectivity index (χ0v) is 21.3. The first kappa shape index (κ1) is 29.0. The predicted octanol–water partition coefficient (Wildman–Crippen LogP) is -2.98. The maximum Gasteiger partial charge on any atom is 0.147 e. The van der Waals surface area contributed by atoms with Gasteiger partial charge in [0, 0.05) is 19.3 Å². The largest absolute Gasteiger partial charge is 0.394 e. The maximum atomic E-state index is 10.3. The quantitative estimate of drug-likeness (QED) is 0.100. The Kier molecular flexibility index (Phi) is 8.78. The molecule has 4 saturated heterocycles. The molecule has 0 amide bonds. The van der Waals surface area contributed by atoms with Crippen LogP contribution in [0.5, 0.6) is 0 Å². The van der Waals surface area contributed by atoms with E-state index < -0.39 is 84.8 Å². The number of nitrogens with zero attached hydrogens (tertiary/aromatic N) is 1. The van der Waals surface area contributed by atoms with E-state index in [0.717, 1.165) is 6.42 Å². The van der Waals surface area contributed by atoms with Gasteiger partial charge in [0.2, 0.25) is 0 Å². The molecule has 11 nitrogen and oxygen atoms in total. The monoisotopic (exact) mass is 545 g/mol. The molecule has 37 heavy (non-hydrogen) atoms. The van der Waals surface area contributed by atoms with Gasteiger partial charge in [-0.2, -0.15) is 0 Å². The fourth-order valence-electron chi connectivity index (χ4n) is 5.90. The number of alkyl halides is 1. The number of aliphatic hydroxyl groups is 8. The molecule has 0 aromatic carbocycles. The average molecular weight is 546 g/mol. The van der Waals surface area contributed by atoms with E-state index in [2.05, 4.69) is 23.7 Å².